The molecule has 0 amide bonds. The summed E-state index contributed by atoms with van der Waals surface area (Å²) in [4.78, 5) is 0. The predicted octanol–water partition coefficient (Wildman–Crippen LogP) is 3.77. The standard InChI is InChI=1S/C16H27NO/c1-6-10-17-16(14(5)18-7-2)15-11-12(3)8-9-13(15)4/h8-9,11,14,16-17H,6-7,10H2,1-5H3. The molecule has 1 aromatic carbocycles. The molecule has 0 radical (unpaired) electrons. The molecule has 18 heavy (non-hydrogen) atoms. The van der Waals surface area contributed by atoms with E-state index in [1.54, 1.807) is 0 Å². The summed E-state index contributed by atoms with van der Waals surface area (Å²) in [6.07, 6.45) is 1.34. The zero-order chi connectivity index (χ0) is 13.5. The van der Waals surface area contributed by atoms with Crippen molar-refractivity contribution in [2.45, 2.75) is 53.2 Å². The first-order valence-corrected chi connectivity index (χ1v) is 7.02. The molecule has 2 heteroatoms. The molecule has 0 saturated carbocycles. The molecule has 0 saturated heterocycles. The number of hydrogen-bond donors (Lipinski definition) is 1. The van der Waals surface area contributed by atoms with Gasteiger partial charge in [0.05, 0.1) is 12.1 Å². The topological polar surface area (TPSA) is 21.3 Å². The van der Waals surface area contributed by atoms with Gasteiger partial charge in [0, 0.05) is 6.61 Å². The quantitative estimate of drug-likeness (QED) is 0.794. The number of ether oxygens (including phenoxy) is 1. The summed E-state index contributed by atoms with van der Waals surface area (Å²) in [5, 5.41) is 3.61. The fourth-order valence-electron chi connectivity index (χ4n) is 2.28. The monoisotopic (exact) mass is 249 g/mol. The molecule has 0 aliphatic heterocycles. The van der Waals surface area contributed by atoms with Gasteiger partial charge >= 0.3 is 0 Å². The summed E-state index contributed by atoms with van der Waals surface area (Å²) in [5.41, 5.74) is 4.01. The maximum absolute atomic E-state index is 5.79. The van der Waals surface area contributed by atoms with Gasteiger partial charge in [0.15, 0.2) is 0 Å². The molecule has 0 aliphatic carbocycles. The van der Waals surface area contributed by atoms with Gasteiger partial charge in [-0.05, 0) is 51.8 Å². The molecule has 0 heterocycles. The second-order valence-electron chi connectivity index (χ2n) is 4.95. The Balaban J connectivity index is 2.96. The molecule has 1 rings (SSSR count). The van der Waals surface area contributed by atoms with E-state index in [0.717, 1.165) is 19.6 Å². The normalized spacial score (nSPS) is 14.5. The third-order valence-electron chi connectivity index (χ3n) is 3.28. The summed E-state index contributed by atoms with van der Waals surface area (Å²) >= 11 is 0. The van der Waals surface area contributed by atoms with Crippen molar-refractivity contribution in [1.29, 1.82) is 0 Å². The number of aryl methyl sites for hydroxylation is 2. The zero-order valence-electron chi connectivity index (χ0n) is 12.4. The molecular weight excluding hydrogens is 222 g/mol. The Hall–Kier alpha value is -0.860. The van der Waals surface area contributed by atoms with Crippen LogP contribution in [0.15, 0.2) is 18.2 Å². The van der Waals surface area contributed by atoms with Crippen molar-refractivity contribution in [1.82, 2.24) is 5.32 Å². The lowest BCUT2D eigenvalue weighted by Gasteiger charge is -2.27. The number of benzene rings is 1. The van der Waals surface area contributed by atoms with Gasteiger partial charge in [-0.25, -0.2) is 0 Å². The predicted molar refractivity (Wildman–Crippen MR) is 78.0 cm³/mol. The van der Waals surface area contributed by atoms with Crippen LogP contribution >= 0.6 is 0 Å². The minimum Gasteiger partial charge on any atom is -0.377 e. The molecule has 1 N–H and O–H groups in total. The Morgan fingerprint density at radius 3 is 2.56 bits per heavy atom. The fourth-order valence-corrected chi connectivity index (χ4v) is 2.28. The van der Waals surface area contributed by atoms with Crippen LogP contribution in [0.1, 0.15) is 49.9 Å². The first-order chi connectivity index (χ1) is 8.60. The first kappa shape index (κ1) is 15.2. The highest BCUT2D eigenvalue weighted by Gasteiger charge is 2.20. The van der Waals surface area contributed by atoms with Crippen molar-refractivity contribution in [3.05, 3.63) is 34.9 Å². The maximum Gasteiger partial charge on any atom is 0.0741 e. The van der Waals surface area contributed by atoms with E-state index in [-0.39, 0.29) is 12.1 Å². The van der Waals surface area contributed by atoms with Crippen molar-refractivity contribution in [3.63, 3.8) is 0 Å². The van der Waals surface area contributed by atoms with E-state index >= 15 is 0 Å². The largest absolute Gasteiger partial charge is 0.377 e. The van der Waals surface area contributed by atoms with Crippen LogP contribution in [-0.2, 0) is 4.74 Å². The van der Waals surface area contributed by atoms with E-state index in [1.165, 1.54) is 16.7 Å². The van der Waals surface area contributed by atoms with Crippen molar-refractivity contribution >= 4 is 0 Å². The van der Waals surface area contributed by atoms with Crippen molar-refractivity contribution in [3.8, 4) is 0 Å². The van der Waals surface area contributed by atoms with Gasteiger partial charge in [0.2, 0.25) is 0 Å². The first-order valence-electron chi connectivity index (χ1n) is 7.02. The van der Waals surface area contributed by atoms with Crippen LogP contribution in [0.4, 0.5) is 0 Å². The average Bonchev–Trinajstić information content (AvgIpc) is 2.34. The molecule has 0 aromatic heterocycles. The summed E-state index contributed by atoms with van der Waals surface area (Å²) < 4.78 is 5.79. The van der Waals surface area contributed by atoms with Crippen LogP contribution in [0.5, 0.6) is 0 Å². The van der Waals surface area contributed by atoms with Crippen LogP contribution in [0.25, 0.3) is 0 Å². The van der Waals surface area contributed by atoms with Crippen LogP contribution in [-0.4, -0.2) is 19.3 Å². The number of rotatable bonds is 7. The molecule has 0 aliphatic rings. The Morgan fingerprint density at radius 2 is 1.94 bits per heavy atom. The highest BCUT2D eigenvalue weighted by molar-refractivity contribution is 5.33. The van der Waals surface area contributed by atoms with Crippen LogP contribution in [0, 0.1) is 13.8 Å². The Labute approximate surface area is 112 Å². The zero-order valence-corrected chi connectivity index (χ0v) is 12.4. The van der Waals surface area contributed by atoms with E-state index < -0.39 is 0 Å². The minimum atomic E-state index is 0.196. The number of hydrogen-bond acceptors (Lipinski definition) is 2. The van der Waals surface area contributed by atoms with Gasteiger partial charge in [-0.3, -0.25) is 0 Å². The second kappa shape index (κ2) is 7.55. The highest BCUT2D eigenvalue weighted by atomic mass is 16.5. The molecule has 0 spiro atoms. The summed E-state index contributed by atoms with van der Waals surface area (Å²) in [6, 6.07) is 6.92. The van der Waals surface area contributed by atoms with Gasteiger partial charge in [-0.1, -0.05) is 30.7 Å². The minimum absolute atomic E-state index is 0.196. The van der Waals surface area contributed by atoms with Gasteiger partial charge in [0.25, 0.3) is 0 Å². The third-order valence-corrected chi connectivity index (χ3v) is 3.28. The molecule has 0 bridgehead atoms. The van der Waals surface area contributed by atoms with Crippen molar-refractivity contribution < 1.29 is 4.74 Å². The van der Waals surface area contributed by atoms with Gasteiger partial charge in [0.1, 0.15) is 0 Å². The molecule has 1 aromatic rings. The Morgan fingerprint density at radius 1 is 1.22 bits per heavy atom. The lowest BCUT2D eigenvalue weighted by molar-refractivity contribution is 0.0471. The number of nitrogens with one attached hydrogen (secondary N) is 1. The van der Waals surface area contributed by atoms with Gasteiger partial charge < -0.3 is 10.1 Å². The lowest BCUT2D eigenvalue weighted by Crippen LogP contribution is -2.33. The van der Waals surface area contributed by atoms with Crippen LogP contribution < -0.4 is 5.32 Å². The molecule has 102 valence electrons. The molecule has 2 unspecified atom stereocenters. The summed E-state index contributed by atoms with van der Waals surface area (Å²) in [6.45, 7) is 12.5. The van der Waals surface area contributed by atoms with Crippen LogP contribution in [0.3, 0.4) is 0 Å². The smallest absolute Gasteiger partial charge is 0.0741 e. The molecule has 2 atom stereocenters. The van der Waals surface area contributed by atoms with E-state index in [1.807, 2.05) is 0 Å². The molecule has 0 fully saturated rings. The highest BCUT2D eigenvalue weighted by Crippen LogP contribution is 2.24. The van der Waals surface area contributed by atoms with Crippen molar-refractivity contribution in [2.75, 3.05) is 13.2 Å². The lowest BCUT2D eigenvalue weighted by atomic mass is 9.95. The van der Waals surface area contributed by atoms with E-state index in [9.17, 15) is 0 Å². The summed E-state index contributed by atoms with van der Waals surface area (Å²) in [5.74, 6) is 0. The second-order valence-corrected chi connectivity index (χ2v) is 4.95. The molecular formula is C16H27NO. The summed E-state index contributed by atoms with van der Waals surface area (Å²) in [7, 11) is 0. The van der Waals surface area contributed by atoms with Gasteiger partial charge in [-0.15, -0.1) is 0 Å². The van der Waals surface area contributed by atoms with Crippen molar-refractivity contribution in [2.24, 2.45) is 0 Å². The third kappa shape index (κ3) is 4.11. The SMILES string of the molecule is CCCNC(c1cc(C)ccc1C)C(C)OCC. The van der Waals surface area contributed by atoms with Crippen LogP contribution in [0.2, 0.25) is 0 Å². The van der Waals surface area contributed by atoms with E-state index in [0.29, 0.717) is 0 Å². The van der Waals surface area contributed by atoms with E-state index in [4.69, 9.17) is 4.74 Å². The average molecular weight is 249 g/mol. The maximum atomic E-state index is 5.79. The fraction of sp³-hybridized carbons (Fsp3) is 0.625. The Kier molecular flexibility index (Phi) is 6.37. The van der Waals surface area contributed by atoms with Gasteiger partial charge in [-0.2, -0.15) is 0 Å². The molecule has 2 nitrogen and oxygen atoms in total. The Bertz CT molecular complexity index is 362. The van der Waals surface area contributed by atoms with E-state index in [2.05, 4.69) is 58.1 Å².